The number of nitrogens with zero attached hydrogens (tertiary/aromatic N) is 1. The lowest BCUT2D eigenvalue weighted by Crippen LogP contribution is -2.76. The van der Waals surface area contributed by atoms with Gasteiger partial charge in [0.15, 0.2) is 5.69 Å². The monoisotopic (exact) mass is 343 g/mol. The van der Waals surface area contributed by atoms with Gasteiger partial charge < -0.3 is 4.74 Å². The summed E-state index contributed by atoms with van der Waals surface area (Å²) in [6, 6.07) is 5.63. The third-order valence-electron chi connectivity index (χ3n) is 3.21. The molecule has 9 heteroatoms. The number of alkyl halides is 3. The number of pyridine rings is 1. The molecule has 1 aromatic heterocycles. The van der Waals surface area contributed by atoms with E-state index in [0.717, 1.165) is 35.4 Å². The summed E-state index contributed by atoms with van der Waals surface area (Å²) < 4.78 is 45.6. The Labute approximate surface area is 134 Å². The molecule has 0 aliphatic heterocycles. The summed E-state index contributed by atoms with van der Waals surface area (Å²) in [5.74, 6) is -0.850. The second kappa shape index (κ2) is 6.85. The SMILES string of the molecule is CO[NH2+]c1cc(C(F)(F)F)c(-n2ccccc2=O)cc1C(=O)OC. The van der Waals surface area contributed by atoms with Gasteiger partial charge in [-0.15, -0.1) is 0 Å². The lowest BCUT2D eigenvalue weighted by atomic mass is 10.1. The van der Waals surface area contributed by atoms with Crippen molar-refractivity contribution in [1.29, 1.82) is 0 Å². The molecule has 1 aromatic carbocycles. The van der Waals surface area contributed by atoms with Crippen LogP contribution in [-0.2, 0) is 15.8 Å². The molecule has 6 nitrogen and oxygen atoms in total. The summed E-state index contributed by atoms with van der Waals surface area (Å²) in [6.07, 6.45) is -3.55. The Balaban J connectivity index is 2.83. The molecule has 1 heterocycles. The molecule has 0 saturated carbocycles. The van der Waals surface area contributed by atoms with Crippen LogP contribution >= 0.6 is 0 Å². The Bertz CT molecular complexity index is 815. The predicted octanol–water partition coefficient (Wildman–Crippen LogP) is 1.40. The first-order valence-electron chi connectivity index (χ1n) is 6.67. The van der Waals surface area contributed by atoms with Crippen LogP contribution in [0.25, 0.3) is 5.69 Å². The van der Waals surface area contributed by atoms with E-state index < -0.39 is 29.0 Å². The highest BCUT2D eigenvalue weighted by molar-refractivity contribution is 5.94. The molecule has 0 saturated heterocycles. The molecule has 24 heavy (non-hydrogen) atoms. The fourth-order valence-corrected chi connectivity index (χ4v) is 2.17. The fourth-order valence-electron chi connectivity index (χ4n) is 2.17. The molecule has 0 radical (unpaired) electrons. The molecular weight excluding hydrogens is 329 g/mol. The quantitative estimate of drug-likeness (QED) is 0.517. The number of halogens is 3. The van der Waals surface area contributed by atoms with Crippen molar-refractivity contribution in [3.63, 3.8) is 0 Å². The Morgan fingerprint density at radius 2 is 1.92 bits per heavy atom. The van der Waals surface area contributed by atoms with E-state index in [9.17, 15) is 22.8 Å². The van der Waals surface area contributed by atoms with Crippen LogP contribution in [-0.4, -0.2) is 24.8 Å². The fraction of sp³-hybridized carbons (Fsp3) is 0.200. The van der Waals surface area contributed by atoms with Gasteiger partial charge in [0.2, 0.25) is 0 Å². The third-order valence-corrected chi connectivity index (χ3v) is 3.21. The van der Waals surface area contributed by atoms with Crippen molar-refractivity contribution < 1.29 is 33.0 Å². The number of carbonyl (C=O) groups excluding carboxylic acids is 1. The van der Waals surface area contributed by atoms with Gasteiger partial charge in [-0.05, 0) is 12.1 Å². The van der Waals surface area contributed by atoms with E-state index in [1.807, 2.05) is 0 Å². The van der Waals surface area contributed by atoms with E-state index >= 15 is 0 Å². The maximum absolute atomic E-state index is 13.4. The summed E-state index contributed by atoms with van der Waals surface area (Å²) in [6.45, 7) is 0. The molecule has 128 valence electrons. The Hall–Kier alpha value is -2.65. The number of carbonyl (C=O) groups is 1. The van der Waals surface area contributed by atoms with Gasteiger partial charge >= 0.3 is 12.1 Å². The molecule has 0 spiro atoms. The average Bonchev–Trinajstić information content (AvgIpc) is 2.54. The minimum absolute atomic E-state index is 0.107. The number of nitrogens with two attached hydrogens (primary N) is 1. The average molecular weight is 343 g/mol. The van der Waals surface area contributed by atoms with Gasteiger partial charge in [-0.1, -0.05) is 6.07 Å². The van der Waals surface area contributed by atoms with Gasteiger partial charge in [0, 0.05) is 18.3 Å². The molecule has 0 amide bonds. The molecular formula is C15H14F3N2O4+. The highest BCUT2D eigenvalue weighted by Gasteiger charge is 2.37. The smallest absolute Gasteiger partial charge is 0.418 e. The van der Waals surface area contributed by atoms with Gasteiger partial charge in [-0.3, -0.25) is 9.36 Å². The van der Waals surface area contributed by atoms with E-state index in [1.165, 1.54) is 25.4 Å². The van der Waals surface area contributed by atoms with E-state index in [1.54, 1.807) is 0 Å². The van der Waals surface area contributed by atoms with Crippen molar-refractivity contribution in [2.45, 2.75) is 6.18 Å². The maximum atomic E-state index is 13.4. The van der Waals surface area contributed by atoms with E-state index in [2.05, 4.69) is 4.74 Å². The van der Waals surface area contributed by atoms with Crippen molar-refractivity contribution in [1.82, 2.24) is 4.57 Å². The van der Waals surface area contributed by atoms with Gasteiger partial charge in [0.05, 0.1) is 25.5 Å². The summed E-state index contributed by atoms with van der Waals surface area (Å²) in [7, 11) is 2.34. The molecule has 0 unspecified atom stereocenters. The van der Waals surface area contributed by atoms with Crippen LogP contribution in [0.4, 0.5) is 18.9 Å². The van der Waals surface area contributed by atoms with E-state index in [0.29, 0.717) is 0 Å². The first-order chi connectivity index (χ1) is 11.3. The lowest BCUT2D eigenvalue weighted by molar-refractivity contribution is -0.830. The van der Waals surface area contributed by atoms with Gasteiger partial charge in [0.25, 0.3) is 5.56 Å². The number of hydrogen-bond acceptors (Lipinski definition) is 4. The van der Waals surface area contributed by atoms with Crippen molar-refractivity contribution in [3.8, 4) is 5.69 Å². The number of methoxy groups -OCH3 is 1. The minimum atomic E-state index is -4.74. The Morgan fingerprint density at radius 1 is 1.21 bits per heavy atom. The Kier molecular flexibility index (Phi) is 5.05. The highest BCUT2D eigenvalue weighted by atomic mass is 19.4. The number of esters is 1. The molecule has 2 rings (SSSR count). The van der Waals surface area contributed by atoms with Crippen LogP contribution in [0, 0.1) is 0 Å². The molecule has 0 aliphatic rings. The first kappa shape index (κ1) is 17.7. The molecule has 0 atom stereocenters. The zero-order chi connectivity index (χ0) is 17.9. The largest absolute Gasteiger partial charge is 0.465 e. The van der Waals surface area contributed by atoms with E-state index in [-0.39, 0.29) is 11.3 Å². The van der Waals surface area contributed by atoms with Crippen molar-refractivity contribution in [2.24, 2.45) is 0 Å². The van der Waals surface area contributed by atoms with Gasteiger partial charge in [-0.25, -0.2) is 9.63 Å². The van der Waals surface area contributed by atoms with Crippen molar-refractivity contribution >= 4 is 11.7 Å². The summed E-state index contributed by atoms with van der Waals surface area (Å²) >= 11 is 0. The number of hydrogen-bond donors (Lipinski definition) is 1. The van der Waals surface area contributed by atoms with Gasteiger partial charge in [-0.2, -0.15) is 18.7 Å². The summed E-state index contributed by atoms with van der Waals surface area (Å²) in [5, 5.41) is 0. The standard InChI is InChI=1S/C15H13F3N2O4/c1-23-14(22)9-7-12(20-6-4-3-5-13(20)21)10(15(16,17)18)8-11(9)19-24-2/h3-8,19H,1-2H3/p+1. The van der Waals surface area contributed by atoms with Crippen LogP contribution in [0.3, 0.4) is 0 Å². The number of rotatable bonds is 4. The predicted molar refractivity (Wildman–Crippen MR) is 77.0 cm³/mol. The number of benzene rings is 1. The normalized spacial score (nSPS) is 11.4. The van der Waals surface area contributed by atoms with Crippen LogP contribution < -0.4 is 11.0 Å². The lowest BCUT2D eigenvalue weighted by Gasteiger charge is -2.16. The van der Waals surface area contributed by atoms with Crippen LogP contribution in [0.1, 0.15) is 15.9 Å². The maximum Gasteiger partial charge on any atom is 0.418 e. The highest BCUT2D eigenvalue weighted by Crippen LogP contribution is 2.36. The number of ether oxygens (including phenoxy) is 1. The van der Waals surface area contributed by atoms with Gasteiger partial charge in [0.1, 0.15) is 5.56 Å². The topological polar surface area (TPSA) is 74.1 Å². The summed E-state index contributed by atoms with van der Waals surface area (Å²) in [5.41, 5.74) is -1.47. The molecule has 0 fully saturated rings. The van der Waals surface area contributed by atoms with Crippen LogP contribution in [0.5, 0.6) is 0 Å². The van der Waals surface area contributed by atoms with Crippen molar-refractivity contribution in [2.75, 3.05) is 14.2 Å². The number of aromatic nitrogens is 1. The molecule has 0 aliphatic carbocycles. The zero-order valence-electron chi connectivity index (χ0n) is 12.8. The molecule has 2 N–H and O–H groups in total. The zero-order valence-corrected chi connectivity index (χ0v) is 12.8. The third kappa shape index (κ3) is 3.47. The van der Waals surface area contributed by atoms with Crippen LogP contribution in [0.2, 0.25) is 0 Å². The van der Waals surface area contributed by atoms with Crippen LogP contribution in [0.15, 0.2) is 41.3 Å². The summed E-state index contributed by atoms with van der Waals surface area (Å²) in [4.78, 5) is 28.5. The first-order valence-corrected chi connectivity index (χ1v) is 6.67. The number of quaternary nitrogens is 1. The second-order valence-corrected chi connectivity index (χ2v) is 4.71. The minimum Gasteiger partial charge on any atom is -0.465 e. The Morgan fingerprint density at radius 3 is 2.46 bits per heavy atom. The van der Waals surface area contributed by atoms with E-state index in [4.69, 9.17) is 4.84 Å². The van der Waals surface area contributed by atoms with Crippen molar-refractivity contribution in [3.05, 3.63) is 58.0 Å². The second-order valence-electron chi connectivity index (χ2n) is 4.71. The molecule has 2 aromatic rings. The molecule has 0 bridgehead atoms.